The van der Waals surface area contributed by atoms with E-state index in [0.29, 0.717) is 0 Å². The second kappa shape index (κ2) is 4.77. The lowest BCUT2D eigenvalue weighted by Crippen LogP contribution is -2.33. The van der Waals surface area contributed by atoms with Gasteiger partial charge in [-0.2, -0.15) is 0 Å². The van der Waals surface area contributed by atoms with Crippen molar-refractivity contribution in [2.45, 2.75) is 6.92 Å². The third-order valence-corrected chi connectivity index (χ3v) is 4.15. The van der Waals surface area contributed by atoms with Crippen LogP contribution in [-0.2, 0) is 0 Å². The summed E-state index contributed by atoms with van der Waals surface area (Å²) in [5.41, 5.74) is 4.09. The molecule has 0 saturated heterocycles. The summed E-state index contributed by atoms with van der Waals surface area (Å²) in [7, 11) is 0. The van der Waals surface area contributed by atoms with Crippen LogP contribution in [0.5, 0.6) is 0 Å². The highest BCUT2D eigenvalue weighted by Gasteiger charge is 2.29. The Labute approximate surface area is 131 Å². The van der Waals surface area contributed by atoms with Gasteiger partial charge in [0.05, 0.1) is 12.3 Å². The molecule has 4 nitrogen and oxygen atoms in total. The number of guanidine groups is 1. The van der Waals surface area contributed by atoms with Crippen LogP contribution in [0.15, 0.2) is 50.9 Å². The van der Waals surface area contributed by atoms with Crippen LogP contribution in [0, 0.1) is 6.92 Å². The van der Waals surface area contributed by atoms with Crippen molar-refractivity contribution in [1.82, 2.24) is 4.98 Å². The molecule has 2 aliphatic heterocycles. The number of halogens is 1. The van der Waals surface area contributed by atoms with Crippen molar-refractivity contribution in [3.63, 3.8) is 0 Å². The van der Waals surface area contributed by atoms with Crippen LogP contribution in [-0.4, -0.2) is 29.7 Å². The van der Waals surface area contributed by atoms with E-state index in [2.05, 4.69) is 44.0 Å². The lowest BCUT2D eigenvalue weighted by Gasteiger charge is -2.26. The van der Waals surface area contributed by atoms with E-state index in [1.807, 2.05) is 25.1 Å². The number of nitrogens with zero attached hydrogens (tertiary/aromatic N) is 4. The van der Waals surface area contributed by atoms with Crippen LogP contribution in [0.2, 0.25) is 0 Å². The van der Waals surface area contributed by atoms with Gasteiger partial charge in [0.2, 0.25) is 5.96 Å². The van der Waals surface area contributed by atoms with Crippen LogP contribution in [0.1, 0.15) is 16.8 Å². The van der Waals surface area contributed by atoms with Gasteiger partial charge in [-0.3, -0.25) is 4.90 Å². The van der Waals surface area contributed by atoms with Crippen LogP contribution in [0.25, 0.3) is 0 Å². The first kappa shape index (κ1) is 12.7. The molecule has 1 aromatic carbocycles. The summed E-state index contributed by atoms with van der Waals surface area (Å²) < 4.78 is 1.04. The fraction of sp³-hybridized carbons (Fsp3) is 0.188. The van der Waals surface area contributed by atoms with Gasteiger partial charge in [0.25, 0.3) is 0 Å². The molecule has 0 N–H and O–H groups in total. The summed E-state index contributed by atoms with van der Waals surface area (Å²) in [6.07, 6.45) is 0. The highest BCUT2D eigenvalue weighted by Crippen LogP contribution is 2.29. The van der Waals surface area contributed by atoms with Crippen molar-refractivity contribution in [3.8, 4) is 0 Å². The Balaban J connectivity index is 1.95. The topological polar surface area (TPSA) is 40.9 Å². The van der Waals surface area contributed by atoms with E-state index in [1.54, 1.807) is 0 Å². The first-order valence-corrected chi connectivity index (χ1v) is 7.66. The van der Waals surface area contributed by atoms with Gasteiger partial charge < -0.3 is 0 Å². The molecule has 0 radical (unpaired) electrons. The minimum atomic E-state index is 0.774. The third kappa shape index (κ3) is 2.08. The second-order valence-electron chi connectivity index (χ2n) is 5.13. The molecule has 1 aromatic heterocycles. The predicted octanol–water partition coefficient (Wildman–Crippen LogP) is 3.18. The van der Waals surface area contributed by atoms with E-state index in [0.717, 1.165) is 51.9 Å². The van der Waals surface area contributed by atoms with Crippen LogP contribution < -0.4 is 4.90 Å². The molecule has 0 saturated carbocycles. The largest absolute Gasteiger partial charge is 0.293 e. The maximum Gasteiger partial charge on any atom is 0.227 e. The number of rotatable bonds is 1. The number of hydrogen-bond acceptors (Lipinski definition) is 4. The Hall–Kier alpha value is -2.01. The molecule has 3 heterocycles. The highest BCUT2D eigenvalue weighted by atomic mass is 79.9. The number of hydrogen-bond donors (Lipinski definition) is 0. The lowest BCUT2D eigenvalue weighted by molar-refractivity contribution is 0.983. The number of pyridine rings is 1. The molecule has 2 aliphatic rings. The van der Waals surface area contributed by atoms with E-state index in [-0.39, 0.29) is 0 Å². The third-order valence-electron chi connectivity index (χ3n) is 3.65. The average Bonchev–Trinajstić information content (AvgIpc) is 2.95. The Morgan fingerprint density at radius 2 is 2.10 bits per heavy atom. The first-order chi connectivity index (χ1) is 10.2. The molecule has 21 heavy (non-hydrogen) atoms. The minimum Gasteiger partial charge on any atom is -0.293 e. The highest BCUT2D eigenvalue weighted by molar-refractivity contribution is 9.10. The molecule has 0 atom stereocenters. The van der Waals surface area contributed by atoms with Gasteiger partial charge in [0.15, 0.2) is 0 Å². The van der Waals surface area contributed by atoms with Crippen molar-refractivity contribution >= 4 is 33.4 Å². The van der Waals surface area contributed by atoms with Gasteiger partial charge in [0.1, 0.15) is 5.82 Å². The molecule has 0 fully saturated rings. The van der Waals surface area contributed by atoms with Crippen molar-refractivity contribution in [3.05, 3.63) is 57.7 Å². The molecule has 104 valence electrons. The summed E-state index contributed by atoms with van der Waals surface area (Å²) in [4.78, 5) is 16.1. The van der Waals surface area contributed by atoms with Gasteiger partial charge >= 0.3 is 0 Å². The van der Waals surface area contributed by atoms with Crippen LogP contribution in [0.4, 0.5) is 5.82 Å². The summed E-state index contributed by atoms with van der Waals surface area (Å²) >= 11 is 3.53. The average molecular weight is 341 g/mol. The molecular formula is C16H13BrN4. The zero-order valence-electron chi connectivity index (χ0n) is 11.5. The maximum atomic E-state index is 4.76. The Morgan fingerprint density at radius 1 is 1.19 bits per heavy atom. The monoisotopic (exact) mass is 340 g/mol. The Kier molecular flexibility index (Phi) is 2.89. The van der Waals surface area contributed by atoms with Gasteiger partial charge in [-0.05, 0) is 31.2 Å². The lowest BCUT2D eigenvalue weighted by atomic mass is 10.0. The molecule has 5 heteroatoms. The summed E-state index contributed by atoms with van der Waals surface area (Å²) in [6.45, 7) is 3.64. The SMILES string of the molecule is Cc1ccc2c(n1)N1CCN=C1N=C2c1cccc(Br)c1. The number of benzene rings is 1. The van der Waals surface area contributed by atoms with E-state index >= 15 is 0 Å². The molecule has 0 aliphatic carbocycles. The zero-order valence-corrected chi connectivity index (χ0v) is 13.1. The summed E-state index contributed by atoms with van der Waals surface area (Å²) in [5.74, 6) is 1.74. The fourth-order valence-corrected chi connectivity index (χ4v) is 3.08. The zero-order chi connectivity index (χ0) is 14.4. The quantitative estimate of drug-likeness (QED) is 0.799. The first-order valence-electron chi connectivity index (χ1n) is 6.87. The Morgan fingerprint density at radius 3 is 2.95 bits per heavy atom. The fourth-order valence-electron chi connectivity index (χ4n) is 2.68. The standard InChI is InChI=1S/C16H13BrN4/c1-10-5-6-13-14(11-3-2-4-12(17)9-11)20-16-18-7-8-21(16)15(13)19-10/h2-6,9H,7-8H2,1H3. The van der Waals surface area contributed by atoms with Crippen molar-refractivity contribution in [2.24, 2.45) is 9.98 Å². The van der Waals surface area contributed by atoms with Gasteiger partial charge in [-0.15, -0.1) is 0 Å². The van der Waals surface area contributed by atoms with E-state index in [9.17, 15) is 0 Å². The number of aromatic nitrogens is 1. The molecule has 0 unspecified atom stereocenters. The number of aryl methyl sites for hydroxylation is 1. The summed E-state index contributed by atoms with van der Waals surface area (Å²) in [5, 5.41) is 0. The predicted molar refractivity (Wildman–Crippen MR) is 88.4 cm³/mol. The van der Waals surface area contributed by atoms with E-state index < -0.39 is 0 Å². The van der Waals surface area contributed by atoms with E-state index in [4.69, 9.17) is 9.98 Å². The molecule has 2 aromatic rings. The second-order valence-corrected chi connectivity index (χ2v) is 6.04. The van der Waals surface area contributed by atoms with Crippen molar-refractivity contribution < 1.29 is 0 Å². The number of anilines is 1. The van der Waals surface area contributed by atoms with Crippen molar-refractivity contribution in [1.29, 1.82) is 0 Å². The van der Waals surface area contributed by atoms with Gasteiger partial charge in [-0.25, -0.2) is 15.0 Å². The molecule has 4 rings (SSSR count). The summed E-state index contributed by atoms with van der Waals surface area (Å²) in [6, 6.07) is 12.3. The Bertz CT molecular complexity index is 795. The minimum absolute atomic E-state index is 0.774. The van der Waals surface area contributed by atoms with Crippen molar-refractivity contribution in [2.75, 3.05) is 18.0 Å². The van der Waals surface area contributed by atoms with Gasteiger partial charge in [-0.1, -0.05) is 28.1 Å². The maximum absolute atomic E-state index is 4.76. The smallest absolute Gasteiger partial charge is 0.227 e. The molecular weight excluding hydrogens is 328 g/mol. The number of aliphatic imine (C=N–C) groups is 2. The van der Waals surface area contributed by atoms with Crippen LogP contribution in [0.3, 0.4) is 0 Å². The van der Waals surface area contributed by atoms with Crippen LogP contribution >= 0.6 is 15.9 Å². The normalized spacial score (nSPS) is 16.2. The molecule has 0 bridgehead atoms. The van der Waals surface area contributed by atoms with Gasteiger partial charge in [0, 0.05) is 27.8 Å². The van der Waals surface area contributed by atoms with E-state index in [1.165, 1.54) is 0 Å². The number of fused-ring (bicyclic) bond motifs is 3. The molecule has 0 spiro atoms. The molecule has 0 amide bonds.